The summed E-state index contributed by atoms with van der Waals surface area (Å²) in [7, 11) is 6.41. The molecular weight excluding hydrogens is 467 g/mol. The van der Waals surface area contributed by atoms with Crippen molar-refractivity contribution in [3.8, 4) is 45.5 Å². The van der Waals surface area contributed by atoms with E-state index in [0.29, 0.717) is 17.2 Å². The molecule has 6 nitrogen and oxygen atoms in total. The Morgan fingerprint density at radius 3 is 1.81 bits per heavy atom. The molecular formula is C18H17BrN2O4Se. The molecule has 0 saturated carbocycles. The molecule has 1 heterocycles. The quantitative estimate of drug-likeness (QED) is 0.498. The molecule has 0 atom stereocenters. The molecule has 0 amide bonds. The van der Waals surface area contributed by atoms with E-state index in [4.69, 9.17) is 18.9 Å². The van der Waals surface area contributed by atoms with Gasteiger partial charge in [0.2, 0.25) is 0 Å². The Balaban J connectivity index is 2.13. The van der Waals surface area contributed by atoms with Gasteiger partial charge in [-0.15, -0.1) is 0 Å². The van der Waals surface area contributed by atoms with E-state index in [2.05, 4.69) is 23.9 Å². The maximum atomic E-state index is 5.45. The van der Waals surface area contributed by atoms with Crippen molar-refractivity contribution < 1.29 is 18.9 Å². The van der Waals surface area contributed by atoms with Gasteiger partial charge >= 0.3 is 167 Å². The Kier molecular flexibility index (Phi) is 5.86. The van der Waals surface area contributed by atoms with Crippen LogP contribution < -0.4 is 18.9 Å². The molecule has 0 aliphatic rings. The molecule has 0 fully saturated rings. The summed E-state index contributed by atoms with van der Waals surface area (Å²) >= 11 is 3.33. The van der Waals surface area contributed by atoms with Gasteiger partial charge in [0.05, 0.1) is 0 Å². The zero-order chi connectivity index (χ0) is 18.7. The summed E-state index contributed by atoms with van der Waals surface area (Å²) in [4.78, 5) is 0. The molecule has 0 aliphatic heterocycles. The Bertz CT molecular complexity index is 904. The number of nitrogens with zero attached hydrogens (tertiary/aromatic N) is 2. The van der Waals surface area contributed by atoms with Gasteiger partial charge in [-0.2, -0.15) is 0 Å². The average molecular weight is 484 g/mol. The van der Waals surface area contributed by atoms with Crippen molar-refractivity contribution in [2.24, 2.45) is 0 Å². The minimum atomic E-state index is -0.197. The molecule has 0 spiro atoms. The molecule has 0 radical (unpaired) electrons. The zero-order valence-electron chi connectivity index (χ0n) is 14.7. The first-order valence-electron chi connectivity index (χ1n) is 7.59. The fourth-order valence-corrected chi connectivity index (χ4v) is 4.37. The van der Waals surface area contributed by atoms with E-state index in [0.717, 1.165) is 32.7 Å². The van der Waals surface area contributed by atoms with Crippen LogP contribution in [0.4, 0.5) is 0 Å². The Morgan fingerprint density at radius 2 is 1.31 bits per heavy atom. The summed E-state index contributed by atoms with van der Waals surface area (Å²) in [5.74, 6) is 2.48. The van der Waals surface area contributed by atoms with E-state index in [9.17, 15) is 0 Å². The van der Waals surface area contributed by atoms with Crippen LogP contribution in [-0.4, -0.2) is 51.4 Å². The van der Waals surface area contributed by atoms with Gasteiger partial charge in [-0.3, -0.25) is 0 Å². The predicted octanol–water partition coefficient (Wildman–Crippen LogP) is 3.66. The van der Waals surface area contributed by atoms with Crippen LogP contribution in [0.2, 0.25) is 0 Å². The Hall–Kier alpha value is -2.02. The monoisotopic (exact) mass is 484 g/mol. The van der Waals surface area contributed by atoms with Gasteiger partial charge in [-0.1, -0.05) is 0 Å². The third kappa shape index (κ3) is 3.45. The van der Waals surface area contributed by atoms with Gasteiger partial charge in [-0.05, 0) is 0 Å². The molecule has 0 unspecified atom stereocenters. The number of hydrogen-bond acceptors (Lipinski definition) is 6. The summed E-state index contributed by atoms with van der Waals surface area (Å²) in [6, 6.07) is 9.62. The molecule has 136 valence electrons. The number of ether oxygens (including phenoxy) is 4. The van der Waals surface area contributed by atoms with Crippen molar-refractivity contribution in [2.75, 3.05) is 28.4 Å². The van der Waals surface area contributed by atoms with Gasteiger partial charge in [0, 0.05) is 0 Å². The Morgan fingerprint density at radius 1 is 0.731 bits per heavy atom. The van der Waals surface area contributed by atoms with E-state index >= 15 is 0 Å². The van der Waals surface area contributed by atoms with Crippen molar-refractivity contribution >= 4 is 30.9 Å². The van der Waals surface area contributed by atoms with Gasteiger partial charge in [0.15, 0.2) is 0 Å². The predicted molar refractivity (Wildman–Crippen MR) is 104 cm³/mol. The number of rotatable bonds is 6. The van der Waals surface area contributed by atoms with E-state index in [1.165, 1.54) is 0 Å². The van der Waals surface area contributed by atoms with Gasteiger partial charge in [0.25, 0.3) is 0 Å². The Labute approximate surface area is 166 Å². The summed E-state index contributed by atoms with van der Waals surface area (Å²) < 4.78 is 31.7. The molecule has 1 aromatic heterocycles. The summed E-state index contributed by atoms with van der Waals surface area (Å²) in [6.07, 6.45) is 0. The number of benzene rings is 2. The van der Waals surface area contributed by atoms with E-state index in [1.807, 2.05) is 30.3 Å². The third-order valence-corrected chi connectivity index (χ3v) is 5.58. The van der Waals surface area contributed by atoms with E-state index in [-0.39, 0.29) is 15.0 Å². The van der Waals surface area contributed by atoms with Gasteiger partial charge in [0.1, 0.15) is 0 Å². The molecule has 3 rings (SSSR count). The SMILES string of the molecule is COc1ccc(-c2n[se]nc2-c2cc(OC)c(OC)c(OC)c2)cc1Br. The average Bonchev–Trinajstić information content (AvgIpc) is 3.16. The van der Waals surface area contributed by atoms with Crippen molar-refractivity contribution in [1.29, 1.82) is 0 Å². The maximum absolute atomic E-state index is 5.45. The topological polar surface area (TPSA) is 62.7 Å². The van der Waals surface area contributed by atoms with Crippen LogP contribution in [0.3, 0.4) is 0 Å². The van der Waals surface area contributed by atoms with Crippen LogP contribution in [0.15, 0.2) is 34.8 Å². The number of methoxy groups -OCH3 is 4. The molecule has 3 aromatic rings. The molecule has 0 saturated heterocycles. The second-order valence-electron chi connectivity index (χ2n) is 5.22. The zero-order valence-corrected chi connectivity index (χ0v) is 18.0. The number of halogens is 1. The summed E-state index contributed by atoms with van der Waals surface area (Å²) in [6.45, 7) is 0. The first-order chi connectivity index (χ1) is 12.6. The first kappa shape index (κ1) is 18.8. The normalized spacial score (nSPS) is 10.5. The second kappa shape index (κ2) is 8.12. The van der Waals surface area contributed by atoms with Gasteiger partial charge in [-0.25, -0.2) is 0 Å². The van der Waals surface area contributed by atoms with Crippen LogP contribution in [0.25, 0.3) is 22.5 Å². The van der Waals surface area contributed by atoms with Crippen LogP contribution in [0, 0.1) is 0 Å². The van der Waals surface area contributed by atoms with Crippen LogP contribution in [0.5, 0.6) is 23.0 Å². The van der Waals surface area contributed by atoms with Gasteiger partial charge < -0.3 is 0 Å². The first-order valence-corrected chi connectivity index (χ1v) is 9.92. The third-order valence-electron chi connectivity index (χ3n) is 3.85. The molecule has 26 heavy (non-hydrogen) atoms. The van der Waals surface area contributed by atoms with Crippen molar-refractivity contribution in [1.82, 2.24) is 7.96 Å². The molecule has 0 bridgehead atoms. The minimum absolute atomic E-state index is 0.197. The van der Waals surface area contributed by atoms with E-state index < -0.39 is 0 Å². The fraction of sp³-hybridized carbons (Fsp3) is 0.222. The molecule has 0 N–H and O–H groups in total. The molecule has 2 aromatic carbocycles. The van der Waals surface area contributed by atoms with Crippen molar-refractivity contribution in [3.63, 3.8) is 0 Å². The summed E-state index contributed by atoms with van der Waals surface area (Å²) in [5.41, 5.74) is 3.47. The number of hydrogen-bond donors (Lipinski definition) is 0. The molecule has 8 heteroatoms. The fourth-order valence-electron chi connectivity index (χ4n) is 2.60. The van der Waals surface area contributed by atoms with Crippen LogP contribution >= 0.6 is 15.9 Å². The van der Waals surface area contributed by atoms with E-state index in [1.54, 1.807) is 28.4 Å². The van der Waals surface area contributed by atoms with Crippen molar-refractivity contribution in [3.05, 3.63) is 34.8 Å². The summed E-state index contributed by atoms with van der Waals surface area (Å²) in [5, 5.41) is 0. The number of aromatic nitrogens is 2. The molecule has 0 aliphatic carbocycles. The van der Waals surface area contributed by atoms with Crippen LogP contribution in [-0.2, 0) is 0 Å². The van der Waals surface area contributed by atoms with Crippen molar-refractivity contribution in [2.45, 2.75) is 0 Å². The standard InChI is InChI=1S/C18H17BrN2O4Se/c1-22-13-6-5-10(7-12(13)19)16-17(21-26-20-16)11-8-14(23-2)18(25-4)15(9-11)24-3/h5-9H,1-4H3. The van der Waals surface area contributed by atoms with Crippen LogP contribution in [0.1, 0.15) is 0 Å². The second-order valence-corrected chi connectivity index (χ2v) is 7.19.